The van der Waals surface area contributed by atoms with Crippen LogP contribution in [-0.4, -0.2) is 35.1 Å². The normalized spacial score (nSPS) is 22.2. The van der Waals surface area contributed by atoms with Crippen LogP contribution in [0.2, 0.25) is 0 Å². The van der Waals surface area contributed by atoms with E-state index in [1.165, 1.54) is 0 Å². The molecule has 1 saturated heterocycles. The number of piperidine rings is 1. The molecule has 2 aromatic rings. The van der Waals surface area contributed by atoms with E-state index in [4.69, 9.17) is 4.42 Å². The van der Waals surface area contributed by atoms with Gasteiger partial charge in [0.1, 0.15) is 5.58 Å². The number of fused-ring (bicyclic) bond motifs is 1. The summed E-state index contributed by atoms with van der Waals surface area (Å²) in [5.74, 6) is 0.331. The molecule has 22 heavy (non-hydrogen) atoms. The topological polar surface area (TPSA) is 53.7 Å². The number of furan rings is 1. The Labute approximate surface area is 130 Å². The summed E-state index contributed by atoms with van der Waals surface area (Å²) in [5, 5.41) is 10.4. The molecule has 1 aromatic heterocycles. The van der Waals surface area contributed by atoms with Gasteiger partial charge in [-0.15, -0.1) is 0 Å². The maximum absolute atomic E-state index is 12.7. The van der Waals surface area contributed by atoms with E-state index in [1.54, 1.807) is 6.26 Å². The second-order valence-electron chi connectivity index (χ2n) is 6.46. The number of likely N-dealkylation sites (tertiary alicyclic amines) is 1. The van der Waals surface area contributed by atoms with Gasteiger partial charge in [-0.1, -0.05) is 12.1 Å². The first kappa shape index (κ1) is 15.1. The highest BCUT2D eigenvalue weighted by atomic mass is 16.3. The van der Waals surface area contributed by atoms with Gasteiger partial charge in [0, 0.05) is 30.1 Å². The van der Waals surface area contributed by atoms with Crippen LogP contribution < -0.4 is 0 Å². The number of aliphatic hydroxyl groups is 1. The maximum Gasteiger partial charge on any atom is 0.227 e. The highest BCUT2D eigenvalue weighted by molar-refractivity contribution is 5.88. The van der Waals surface area contributed by atoms with Crippen LogP contribution in [0.1, 0.15) is 30.9 Å². The molecule has 1 aromatic carbocycles. The van der Waals surface area contributed by atoms with Crippen molar-refractivity contribution in [1.82, 2.24) is 4.90 Å². The maximum atomic E-state index is 12.7. The number of benzene rings is 1. The van der Waals surface area contributed by atoms with E-state index < -0.39 is 0 Å². The Balaban J connectivity index is 1.77. The molecule has 0 saturated carbocycles. The van der Waals surface area contributed by atoms with Gasteiger partial charge in [0.05, 0.1) is 12.7 Å². The molecule has 1 amide bonds. The first-order valence-electron chi connectivity index (χ1n) is 7.95. The number of hydrogen-bond donors (Lipinski definition) is 1. The molecule has 0 bridgehead atoms. The van der Waals surface area contributed by atoms with Gasteiger partial charge < -0.3 is 14.4 Å². The van der Waals surface area contributed by atoms with Crippen LogP contribution in [0.15, 0.2) is 28.9 Å². The lowest BCUT2D eigenvalue weighted by atomic mass is 9.93. The molecule has 118 valence electrons. The highest BCUT2D eigenvalue weighted by Crippen LogP contribution is 2.26. The summed E-state index contributed by atoms with van der Waals surface area (Å²) >= 11 is 0. The fraction of sp³-hybridized carbons (Fsp3) is 0.500. The second-order valence-corrected chi connectivity index (χ2v) is 6.46. The van der Waals surface area contributed by atoms with Crippen LogP contribution in [0.3, 0.4) is 0 Å². The van der Waals surface area contributed by atoms with Gasteiger partial charge in [0.25, 0.3) is 0 Å². The zero-order valence-corrected chi connectivity index (χ0v) is 13.2. The summed E-state index contributed by atoms with van der Waals surface area (Å²) < 4.78 is 5.58. The summed E-state index contributed by atoms with van der Waals surface area (Å²) in [6.07, 6.45) is 4.01. The molecule has 4 heteroatoms. The number of amides is 1. The average molecular weight is 301 g/mol. The van der Waals surface area contributed by atoms with Crippen LogP contribution in [0.25, 0.3) is 11.0 Å². The van der Waals surface area contributed by atoms with Gasteiger partial charge in [-0.05, 0) is 44.2 Å². The molecule has 3 rings (SSSR count). The average Bonchev–Trinajstić information content (AvgIpc) is 2.89. The van der Waals surface area contributed by atoms with Crippen LogP contribution >= 0.6 is 0 Å². The number of carbonyl (C=O) groups is 1. The molecule has 2 atom stereocenters. The standard InChI is InChI=1S/C18H23NO3/c1-12-3-6-16-15(11-22-17(16)7-12)8-18(21)19-9-14(10-20)5-4-13(19)2/h3,6-7,11,13-14,20H,4-5,8-10H2,1-2H3. The van der Waals surface area contributed by atoms with E-state index in [2.05, 4.69) is 6.92 Å². The Bertz CT molecular complexity index is 676. The molecule has 2 unspecified atom stereocenters. The van der Waals surface area contributed by atoms with Crippen molar-refractivity contribution in [2.45, 2.75) is 39.2 Å². The molecular formula is C18H23NO3. The molecule has 0 spiro atoms. The third-order valence-corrected chi connectivity index (χ3v) is 4.71. The predicted octanol–water partition coefficient (Wildman–Crippen LogP) is 2.90. The molecule has 1 N–H and O–H groups in total. The summed E-state index contributed by atoms with van der Waals surface area (Å²) in [4.78, 5) is 14.6. The minimum Gasteiger partial charge on any atom is -0.464 e. The first-order chi connectivity index (χ1) is 10.6. The Kier molecular flexibility index (Phi) is 4.21. The third kappa shape index (κ3) is 2.88. The lowest BCUT2D eigenvalue weighted by Gasteiger charge is -2.37. The van der Waals surface area contributed by atoms with Crippen molar-refractivity contribution in [3.05, 3.63) is 35.6 Å². The van der Waals surface area contributed by atoms with Crippen LogP contribution in [0.5, 0.6) is 0 Å². The first-order valence-corrected chi connectivity index (χ1v) is 7.95. The molecule has 1 aliphatic heterocycles. The minimum atomic E-state index is 0.119. The van der Waals surface area contributed by atoms with Crippen molar-refractivity contribution in [2.24, 2.45) is 5.92 Å². The van der Waals surface area contributed by atoms with Crippen molar-refractivity contribution < 1.29 is 14.3 Å². The second kappa shape index (κ2) is 6.13. The molecule has 1 fully saturated rings. The summed E-state index contributed by atoms with van der Waals surface area (Å²) in [6.45, 7) is 4.93. The van der Waals surface area contributed by atoms with Crippen LogP contribution in [0.4, 0.5) is 0 Å². The van der Waals surface area contributed by atoms with Crippen molar-refractivity contribution in [3.8, 4) is 0 Å². The number of aryl methyl sites for hydroxylation is 1. The van der Waals surface area contributed by atoms with Crippen molar-refractivity contribution >= 4 is 16.9 Å². The summed E-state index contributed by atoms with van der Waals surface area (Å²) in [5.41, 5.74) is 2.93. The van der Waals surface area contributed by atoms with Crippen LogP contribution in [0, 0.1) is 12.8 Å². The van der Waals surface area contributed by atoms with E-state index in [0.29, 0.717) is 13.0 Å². The monoisotopic (exact) mass is 301 g/mol. The van der Waals surface area contributed by atoms with E-state index in [0.717, 1.165) is 34.9 Å². The van der Waals surface area contributed by atoms with E-state index in [1.807, 2.05) is 30.0 Å². The Morgan fingerprint density at radius 2 is 2.23 bits per heavy atom. The largest absolute Gasteiger partial charge is 0.464 e. The fourth-order valence-electron chi connectivity index (χ4n) is 3.27. The fourth-order valence-corrected chi connectivity index (χ4v) is 3.27. The molecule has 2 heterocycles. The SMILES string of the molecule is Cc1ccc2c(CC(=O)N3CC(CO)CCC3C)coc2c1. The zero-order valence-electron chi connectivity index (χ0n) is 13.2. The predicted molar refractivity (Wildman–Crippen MR) is 85.6 cm³/mol. The zero-order chi connectivity index (χ0) is 15.7. The van der Waals surface area contributed by atoms with E-state index in [9.17, 15) is 9.90 Å². The number of rotatable bonds is 3. The van der Waals surface area contributed by atoms with Gasteiger partial charge in [0.15, 0.2) is 0 Å². The van der Waals surface area contributed by atoms with Gasteiger partial charge in [0.2, 0.25) is 5.91 Å². The van der Waals surface area contributed by atoms with Crippen molar-refractivity contribution in [1.29, 1.82) is 0 Å². The third-order valence-electron chi connectivity index (χ3n) is 4.71. The van der Waals surface area contributed by atoms with E-state index >= 15 is 0 Å². The van der Waals surface area contributed by atoms with Gasteiger partial charge in [-0.3, -0.25) is 4.79 Å². The summed E-state index contributed by atoms with van der Waals surface area (Å²) in [7, 11) is 0. The van der Waals surface area contributed by atoms with Gasteiger partial charge in [-0.2, -0.15) is 0 Å². The Morgan fingerprint density at radius 1 is 1.41 bits per heavy atom. The van der Waals surface area contributed by atoms with Crippen molar-refractivity contribution in [2.75, 3.05) is 13.2 Å². The highest BCUT2D eigenvalue weighted by Gasteiger charge is 2.28. The van der Waals surface area contributed by atoms with Crippen molar-refractivity contribution in [3.63, 3.8) is 0 Å². The Morgan fingerprint density at radius 3 is 3.00 bits per heavy atom. The molecule has 0 aliphatic carbocycles. The lowest BCUT2D eigenvalue weighted by Crippen LogP contribution is -2.46. The molecular weight excluding hydrogens is 278 g/mol. The summed E-state index contributed by atoms with van der Waals surface area (Å²) in [6, 6.07) is 6.30. The molecule has 1 aliphatic rings. The molecule has 0 radical (unpaired) electrons. The lowest BCUT2D eigenvalue weighted by molar-refractivity contribution is -0.135. The van der Waals surface area contributed by atoms with E-state index in [-0.39, 0.29) is 24.5 Å². The van der Waals surface area contributed by atoms with Gasteiger partial charge >= 0.3 is 0 Å². The number of carbonyl (C=O) groups excluding carboxylic acids is 1. The van der Waals surface area contributed by atoms with Crippen LogP contribution in [-0.2, 0) is 11.2 Å². The Hall–Kier alpha value is -1.81. The molecule has 4 nitrogen and oxygen atoms in total. The van der Waals surface area contributed by atoms with Gasteiger partial charge in [-0.25, -0.2) is 0 Å². The number of nitrogens with zero attached hydrogens (tertiary/aromatic N) is 1. The quantitative estimate of drug-likeness (QED) is 0.948. The smallest absolute Gasteiger partial charge is 0.227 e. The number of hydrogen-bond acceptors (Lipinski definition) is 3. The number of aliphatic hydroxyl groups excluding tert-OH is 1. The minimum absolute atomic E-state index is 0.119.